The molecule has 2 aliphatic rings. The molecule has 0 aromatic heterocycles. The van der Waals surface area contributed by atoms with Crippen LogP contribution in [0.2, 0.25) is 0 Å². The van der Waals surface area contributed by atoms with Gasteiger partial charge in [-0.2, -0.15) is 0 Å². The molecule has 0 spiro atoms. The monoisotopic (exact) mass is 283 g/mol. The summed E-state index contributed by atoms with van der Waals surface area (Å²) in [5, 5.41) is 9.33. The molecule has 2 rings (SSSR count). The quantitative estimate of drug-likeness (QED) is 0.865. The number of nitrogens with zero attached hydrogens (tertiary/aromatic N) is 1. The topological polar surface area (TPSA) is 49.8 Å². The van der Waals surface area contributed by atoms with Crippen LogP contribution in [0.4, 0.5) is 0 Å². The number of carbonyl (C=O) groups is 1. The number of ether oxygens (including phenoxy) is 1. The van der Waals surface area contributed by atoms with Crippen molar-refractivity contribution in [2.45, 2.75) is 58.4 Å². The smallest absolute Gasteiger partial charge is 0.305 e. The molecule has 116 valence electrons. The maximum Gasteiger partial charge on any atom is 0.305 e. The second-order valence-electron chi connectivity index (χ2n) is 7.53. The van der Waals surface area contributed by atoms with Crippen molar-refractivity contribution in [1.29, 1.82) is 0 Å². The summed E-state index contributed by atoms with van der Waals surface area (Å²) in [7, 11) is 0. The van der Waals surface area contributed by atoms with Gasteiger partial charge in [0.15, 0.2) is 0 Å². The number of hydrogen-bond donors (Lipinski definition) is 1. The van der Waals surface area contributed by atoms with Crippen molar-refractivity contribution >= 4 is 5.97 Å². The number of rotatable bonds is 3. The highest BCUT2D eigenvalue weighted by molar-refractivity contribution is 5.68. The summed E-state index contributed by atoms with van der Waals surface area (Å²) >= 11 is 0. The van der Waals surface area contributed by atoms with Gasteiger partial charge in [-0.25, -0.2) is 0 Å². The summed E-state index contributed by atoms with van der Waals surface area (Å²) in [6.45, 7) is 10.2. The molecule has 1 saturated heterocycles. The van der Waals surface area contributed by atoms with E-state index >= 15 is 0 Å². The molecule has 1 saturated carbocycles. The predicted molar refractivity (Wildman–Crippen MR) is 78.8 cm³/mol. The lowest BCUT2D eigenvalue weighted by Crippen LogP contribution is -2.56. The molecular weight excluding hydrogens is 254 g/mol. The molecule has 1 N–H and O–H groups in total. The van der Waals surface area contributed by atoms with Crippen LogP contribution in [-0.2, 0) is 9.53 Å². The van der Waals surface area contributed by atoms with Gasteiger partial charge in [-0.15, -0.1) is 0 Å². The largest absolute Gasteiger partial charge is 0.481 e. The Kier molecular flexibility index (Phi) is 4.75. The van der Waals surface area contributed by atoms with E-state index in [-0.39, 0.29) is 12.0 Å². The second kappa shape index (κ2) is 6.02. The van der Waals surface area contributed by atoms with Gasteiger partial charge >= 0.3 is 5.97 Å². The minimum absolute atomic E-state index is 0.128. The highest BCUT2D eigenvalue weighted by Crippen LogP contribution is 2.45. The highest BCUT2D eigenvalue weighted by Gasteiger charge is 2.44. The average molecular weight is 283 g/mol. The molecule has 0 radical (unpaired) electrons. The first-order valence-corrected chi connectivity index (χ1v) is 7.88. The van der Waals surface area contributed by atoms with Crippen molar-refractivity contribution in [2.24, 2.45) is 11.3 Å². The fourth-order valence-corrected chi connectivity index (χ4v) is 3.95. The molecule has 0 bridgehead atoms. The van der Waals surface area contributed by atoms with E-state index in [9.17, 15) is 9.90 Å². The lowest BCUT2D eigenvalue weighted by atomic mass is 9.66. The van der Waals surface area contributed by atoms with Crippen molar-refractivity contribution < 1.29 is 14.6 Å². The van der Waals surface area contributed by atoms with Crippen molar-refractivity contribution in [3.05, 3.63) is 0 Å². The summed E-state index contributed by atoms with van der Waals surface area (Å²) in [5.41, 5.74) is 0.206. The fourth-order valence-electron chi connectivity index (χ4n) is 3.95. The molecule has 0 unspecified atom stereocenters. The summed E-state index contributed by atoms with van der Waals surface area (Å²) in [4.78, 5) is 13.7. The molecule has 0 atom stereocenters. The zero-order valence-corrected chi connectivity index (χ0v) is 13.2. The van der Waals surface area contributed by atoms with Crippen molar-refractivity contribution in [3.8, 4) is 0 Å². The summed E-state index contributed by atoms with van der Waals surface area (Å²) in [6, 6.07) is 0. The molecule has 0 aromatic rings. The maximum absolute atomic E-state index is 11.3. The Bertz CT molecular complexity index is 334. The first-order chi connectivity index (χ1) is 9.33. The zero-order chi connectivity index (χ0) is 14.8. The van der Waals surface area contributed by atoms with E-state index in [1.54, 1.807) is 0 Å². The first-order valence-electron chi connectivity index (χ1n) is 7.88. The van der Waals surface area contributed by atoms with Gasteiger partial charge in [-0.05, 0) is 37.0 Å². The third-order valence-electron chi connectivity index (χ3n) is 5.30. The average Bonchev–Trinajstić information content (AvgIpc) is 2.38. The van der Waals surface area contributed by atoms with E-state index < -0.39 is 5.97 Å². The normalized spacial score (nSPS) is 33.0. The van der Waals surface area contributed by atoms with E-state index in [4.69, 9.17) is 4.74 Å². The molecule has 0 amide bonds. The predicted octanol–water partition coefficient (Wildman–Crippen LogP) is 2.77. The van der Waals surface area contributed by atoms with Gasteiger partial charge in [0, 0.05) is 18.6 Å². The summed E-state index contributed by atoms with van der Waals surface area (Å²) < 4.78 is 5.43. The Labute approximate surface area is 122 Å². The third-order valence-corrected chi connectivity index (χ3v) is 5.30. The van der Waals surface area contributed by atoms with E-state index in [1.165, 1.54) is 0 Å². The number of aliphatic carboxylic acids is 1. The second-order valence-corrected chi connectivity index (χ2v) is 7.53. The van der Waals surface area contributed by atoms with E-state index in [0.717, 1.165) is 52.0 Å². The molecule has 1 heterocycles. The number of carboxylic acid groups (broad SMARTS) is 1. The fraction of sp³-hybridized carbons (Fsp3) is 0.938. The van der Waals surface area contributed by atoms with Crippen LogP contribution < -0.4 is 0 Å². The van der Waals surface area contributed by atoms with Crippen molar-refractivity contribution in [2.75, 3.05) is 26.3 Å². The minimum atomic E-state index is -0.661. The van der Waals surface area contributed by atoms with Crippen LogP contribution in [0.25, 0.3) is 0 Å². The number of hydrogen-bond acceptors (Lipinski definition) is 3. The summed E-state index contributed by atoms with van der Waals surface area (Å²) in [6.07, 6.45) is 4.61. The van der Waals surface area contributed by atoms with Crippen molar-refractivity contribution in [1.82, 2.24) is 4.90 Å². The van der Waals surface area contributed by atoms with Crippen LogP contribution in [0.5, 0.6) is 0 Å². The van der Waals surface area contributed by atoms with Crippen LogP contribution in [0.1, 0.15) is 52.9 Å². The molecule has 0 aromatic carbocycles. The Morgan fingerprint density at radius 2 is 1.80 bits per heavy atom. The van der Waals surface area contributed by atoms with E-state index in [2.05, 4.69) is 25.7 Å². The molecule has 20 heavy (non-hydrogen) atoms. The maximum atomic E-state index is 11.3. The van der Waals surface area contributed by atoms with Gasteiger partial charge in [-0.3, -0.25) is 9.69 Å². The molecule has 1 aliphatic carbocycles. The zero-order valence-electron chi connectivity index (χ0n) is 13.2. The Morgan fingerprint density at radius 3 is 2.25 bits per heavy atom. The van der Waals surface area contributed by atoms with Gasteiger partial charge in [0.25, 0.3) is 0 Å². The Hall–Kier alpha value is -0.610. The molecule has 2 fully saturated rings. The first kappa shape index (κ1) is 15.8. The summed E-state index contributed by atoms with van der Waals surface area (Å²) in [5.74, 6) is 0.0520. The lowest BCUT2D eigenvalue weighted by Gasteiger charge is -2.50. The third kappa shape index (κ3) is 3.53. The van der Waals surface area contributed by atoms with Gasteiger partial charge < -0.3 is 9.84 Å². The van der Waals surface area contributed by atoms with Crippen LogP contribution in [0.3, 0.4) is 0 Å². The number of morpholine rings is 1. The van der Waals surface area contributed by atoms with Crippen LogP contribution >= 0.6 is 0 Å². The standard InChI is InChI=1S/C16H29NO3/c1-15(2,3)13-4-6-16(7-5-13,12-14(18)19)17-8-10-20-11-9-17/h13H,4-12H2,1-3H3,(H,18,19). The van der Waals surface area contributed by atoms with Crippen LogP contribution in [0, 0.1) is 11.3 Å². The van der Waals surface area contributed by atoms with Gasteiger partial charge in [0.1, 0.15) is 0 Å². The lowest BCUT2D eigenvalue weighted by molar-refractivity contribution is -0.143. The molecule has 4 nitrogen and oxygen atoms in total. The van der Waals surface area contributed by atoms with Crippen LogP contribution in [0.15, 0.2) is 0 Å². The number of carboxylic acids is 1. The highest BCUT2D eigenvalue weighted by atomic mass is 16.5. The minimum Gasteiger partial charge on any atom is -0.481 e. The Morgan fingerprint density at radius 1 is 1.25 bits per heavy atom. The SMILES string of the molecule is CC(C)(C)C1CCC(CC(=O)O)(N2CCOCC2)CC1. The van der Waals surface area contributed by atoms with E-state index in [0.29, 0.717) is 11.3 Å². The Balaban J connectivity index is 2.08. The van der Waals surface area contributed by atoms with E-state index in [1.807, 2.05) is 0 Å². The molecular formula is C16H29NO3. The van der Waals surface area contributed by atoms with Gasteiger partial charge in [0.2, 0.25) is 0 Å². The van der Waals surface area contributed by atoms with Gasteiger partial charge in [0.05, 0.1) is 19.6 Å². The molecule has 1 aliphatic heterocycles. The van der Waals surface area contributed by atoms with Crippen molar-refractivity contribution in [3.63, 3.8) is 0 Å². The molecule has 4 heteroatoms. The van der Waals surface area contributed by atoms with Gasteiger partial charge in [-0.1, -0.05) is 20.8 Å². The van der Waals surface area contributed by atoms with Crippen LogP contribution in [-0.4, -0.2) is 47.8 Å².